The van der Waals surface area contributed by atoms with E-state index in [-0.39, 0.29) is 11.5 Å². The fraction of sp³-hybridized carbons (Fsp3) is 0.692. The highest BCUT2D eigenvalue weighted by atomic mass is 32.1. The lowest BCUT2D eigenvalue weighted by Gasteiger charge is -2.24. The number of nitrogens with zero attached hydrogens (tertiary/aromatic N) is 2. The van der Waals surface area contributed by atoms with Crippen LogP contribution in [0.25, 0.3) is 0 Å². The Labute approximate surface area is 112 Å². The molecular weight excluding hydrogens is 248 g/mol. The van der Waals surface area contributed by atoms with Gasteiger partial charge in [0.05, 0.1) is 23.9 Å². The summed E-state index contributed by atoms with van der Waals surface area (Å²) in [5, 5.41) is 1.15. The number of ether oxygens (including phenoxy) is 1. The Balaban J connectivity index is 2.15. The predicted octanol–water partition coefficient (Wildman–Crippen LogP) is 2.96. The minimum Gasteiger partial charge on any atom is -0.450 e. The second-order valence-corrected chi connectivity index (χ2v) is 6.59. The van der Waals surface area contributed by atoms with Crippen molar-refractivity contribution in [3.05, 3.63) is 15.6 Å². The van der Waals surface area contributed by atoms with Gasteiger partial charge >= 0.3 is 6.09 Å². The van der Waals surface area contributed by atoms with Crippen molar-refractivity contribution in [3.8, 4) is 0 Å². The molecule has 1 aromatic heterocycles. The molecule has 2 rings (SSSR count). The first kappa shape index (κ1) is 13.3. The van der Waals surface area contributed by atoms with Crippen molar-refractivity contribution in [1.82, 2.24) is 9.88 Å². The van der Waals surface area contributed by atoms with Crippen molar-refractivity contribution in [1.29, 1.82) is 0 Å². The van der Waals surface area contributed by atoms with Crippen molar-refractivity contribution < 1.29 is 9.53 Å². The summed E-state index contributed by atoms with van der Waals surface area (Å²) in [5.41, 5.74) is 1.24. The Morgan fingerprint density at radius 1 is 1.50 bits per heavy atom. The number of fused-ring (bicyclic) bond motifs is 1. The number of carbonyl (C=O) groups is 1. The van der Waals surface area contributed by atoms with E-state index in [4.69, 9.17) is 9.72 Å². The normalized spacial score (nSPS) is 15.4. The molecule has 5 heteroatoms. The largest absolute Gasteiger partial charge is 0.450 e. The molecule has 0 radical (unpaired) electrons. The van der Waals surface area contributed by atoms with Gasteiger partial charge in [-0.25, -0.2) is 9.78 Å². The van der Waals surface area contributed by atoms with Crippen LogP contribution in [0.1, 0.15) is 43.3 Å². The van der Waals surface area contributed by atoms with Gasteiger partial charge in [-0.3, -0.25) is 0 Å². The molecule has 0 spiro atoms. The molecule has 0 fully saturated rings. The summed E-state index contributed by atoms with van der Waals surface area (Å²) in [4.78, 5) is 19.4. The Kier molecular flexibility index (Phi) is 3.61. The Morgan fingerprint density at radius 3 is 2.83 bits per heavy atom. The van der Waals surface area contributed by atoms with Crippen LogP contribution in [0.5, 0.6) is 0 Å². The quantitative estimate of drug-likeness (QED) is 0.786. The Morgan fingerprint density at radius 2 is 2.22 bits per heavy atom. The van der Waals surface area contributed by atoms with Crippen molar-refractivity contribution in [2.75, 3.05) is 13.2 Å². The highest BCUT2D eigenvalue weighted by Crippen LogP contribution is 2.32. The fourth-order valence-electron chi connectivity index (χ4n) is 1.89. The molecule has 1 aromatic rings. The lowest BCUT2D eigenvalue weighted by molar-refractivity contribution is 0.103. The van der Waals surface area contributed by atoms with Gasteiger partial charge in [0.15, 0.2) is 0 Å². The van der Waals surface area contributed by atoms with Crippen molar-refractivity contribution in [3.63, 3.8) is 0 Å². The zero-order valence-corrected chi connectivity index (χ0v) is 12.3. The van der Waals surface area contributed by atoms with E-state index in [0.29, 0.717) is 19.7 Å². The third-order valence-corrected chi connectivity index (χ3v) is 4.41. The molecule has 2 heterocycles. The molecule has 1 aliphatic heterocycles. The van der Waals surface area contributed by atoms with Crippen molar-refractivity contribution in [2.45, 2.75) is 46.1 Å². The first-order chi connectivity index (χ1) is 8.41. The highest BCUT2D eigenvalue weighted by Gasteiger charge is 2.27. The van der Waals surface area contributed by atoms with Crippen LogP contribution in [0.15, 0.2) is 0 Å². The van der Waals surface area contributed by atoms with Crippen molar-refractivity contribution >= 4 is 17.4 Å². The first-order valence-electron chi connectivity index (χ1n) is 6.32. The number of hydrogen-bond donors (Lipinski definition) is 0. The third-order valence-electron chi connectivity index (χ3n) is 2.90. The second-order valence-electron chi connectivity index (χ2n) is 5.51. The third kappa shape index (κ3) is 2.66. The minimum absolute atomic E-state index is 0.0801. The number of amides is 1. The van der Waals surface area contributed by atoms with Gasteiger partial charge < -0.3 is 9.64 Å². The van der Waals surface area contributed by atoms with Crippen LogP contribution in [0.4, 0.5) is 4.79 Å². The summed E-state index contributed by atoms with van der Waals surface area (Å²) in [7, 11) is 0. The van der Waals surface area contributed by atoms with Crippen LogP contribution in [0.3, 0.4) is 0 Å². The summed E-state index contributed by atoms with van der Waals surface area (Å²) in [6.45, 7) is 10.1. The molecule has 100 valence electrons. The van der Waals surface area contributed by atoms with Gasteiger partial charge in [0.1, 0.15) is 0 Å². The molecule has 1 aliphatic rings. The molecule has 0 bridgehead atoms. The molecule has 18 heavy (non-hydrogen) atoms. The predicted molar refractivity (Wildman–Crippen MR) is 72.0 cm³/mol. The molecular formula is C13H20N2O2S. The molecule has 0 saturated carbocycles. The van der Waals surface area contributed by atoms with Crippen LogP contribution in [0, 0.1) is 0 Å². The van der Waals surface area contributed by atoms with E-state index in [1.807, 2.05) is 6.92 Å². The van der Waals surface area contributed by atoms with Crippen LogP contribution >= 0.6 is 11.3 Å². The highest BCUT2D eigenvalue weighted by molar-refractivity contribution is 7.11. The standard InChI is InChI=1S/C13H20N2O2S/c1-5-17-12(16)15-7-6-9-10(8-15)18-11(14-9)13(2,3)4/h5-8H2,1-4H3. The number of thiazole rings is 1. The zero-order chi connectivity index (χ0) is 13.3. The molecule has 0 aromatic carbocycles. The minimum atomic E-state index is -0.214. The van der Waals surface area contributed by atoms with E-state index >= 15 is 0 Å². The lowest BCUT2D eigenvalue weighted by atomic mass is 9.98. The summed E-state index contributed by atoms with van der Waals surface area (Å²) < 4.78 is 5.04. The molecule has 1 amide bonds. The van der Waals surface area contributed by atoms with Crippen LogP contribution in [-0.4, -0.2) is 29.1 Å². The molecule has 0 unspecified atom stereocenters. The van der Waals surface area contributed by atoms with E-state index in [0.717, 1.165) is 17.1 Å². The van der Waals surface area contributed by atoms with Crippen molar-refractivity contribution in [2.24, 2.45) is 0 Å². The fourth-order valence-corrected chi connectivity index (χ4v) is 3.07. The summed E-state index contributed by atoms with van der Waals surface area (Å²) in [6, 6.07) is 0. The Bertz CT molecular complexity index is 448. The molecule has 0 aliphatic carbocycles. The maximum absolute atomic E-state index is 11.7. The first-order valence-corrected chi connectivity index (χ1v) is 7.14. The number of carbonyl (C=O) groups excluding carboxylic acids is 1. The summed E-state index contributed by atoms with van der Waals surface area (Å²) in [5.74, 6) is 0. The second kappa shape index (κ2) is 4.88. The van der Waals surface area contributed by atoms with Gasteiger partial charge in [0.25, 0.3) is 0 Å². The van der Waals surface area contributed by atoms with E-state index < -0.39 is 0 Å². The van der Waals surface area contributed by atoms with E-state index in [1.165, 1.54) is 4.88 Å². The summed E-state index contributed by atoms with van der Waals surface area (Å²) >= 11 is 1.72. The average molecular weight is 268 g/mol. The van der Waals surface area contributed by atoms with Gasteiger partial charge in [-0.1, -0.05) is 20.8 Å². The van der Waals surface area contributed by atoms with E-state index in [2.05, 4.69) is 20.8 Å². The molecule has 0 N–H and O–H groups in total. The topological polar surface area (TPSA) is 42.4 Å². The van der Waals surface area contributed by atoms with Crippen LogP contribution in [-0.2, 0) is 23.1 Å². The van der Waals surface area contributed by atoms with Gasteiger partial charge in [0, 0.05) is 23.3 Å². The molecule has 0 saturated heterocycles. The maximum atomic E-state index is 11.7. The van der Waals surface area contributed by atoms with Crippen LogP contribution in [0.2, 0.25) is 0 Å². The van der Waals surface area contributed by atoms with E-state index in [9.17, 15) is 4.79 Å². The monoisotopic (exact) mass is 268 g/mol. The lowest BCUT2D eigenvalue weighted by Crippen LogP contribution is -2.35. The number of aromatic nitrogens is 1. The number of rotatable bonds is 1. The molecule has 0 atom stereocenters. The van der Waals surface area contributed by atoms with Gasteiger partial charge in [-0.2, -0.15) is 0 Å². The van der Waals surface area contributed by atoms with Gasteiger partial charge in [-0.05, 0) is 6.92 Å². The van der Waals surface area contributed by atoms with E-state index in [1.54, 1.807) is 16.2 Å². The van der Waals surface area contributed by atoms with Gasteiger partial charge in [0.2, 0.25) is 0 Å². The Hall–Kier alpha value is -1.10. The molecule has 4 nitrogen and oxygen atoms in total. The summed E-state index contributed by atoms with van der Waals surface area (Å²) in [6.07, 6.45) is 0.620. The smallest absolute Gasteiger partial charge is 0.410 e. The SMILES string of the molecule is CCOC(=O)N1CCc2nc(C(C)(C)C)sc2C1. The number of hydrogen-bond acceptors (Lipinski definition) is 4. The van der Waals surface area contributed by atoms with Crippen LogP contribution < -0.4 is 0 Å². The van der Waals surface area contributed by atoms with Gasteiger partial charge in [-0.15, -0.1) is 11.3 Å². The maximum Gasteiger partial charge on any atom is 0.410 e. The average Bonchev–Trinajstić information content (AvgIpc) is 2.71. The zero-order valence-electron chi connectivity index (χ0n) is 11.4.